The highest BCUT2D eigenvalue weighted by Gasteiger charge is 2.45. The molecule has 0 saturated carbocycles. The third kappa shape index (κ3) is 2.96. The second-order valence-electron chi connectivity index (χ2n) is 12.9. The number of nitrogens with zero attached hydrogens (tertiary/aromatic N) is 5. The largest absolute Gasteiger partial charge is 0.278 e. The molecule has 0 aliphatic heterocycles. The molecule has 1 aliphatic rings. The number of fused-ring (bicyclic) bond motifs is 6. The Morgan fingerprint density at radius 1 is 0.750 bits per heavy atom. The molecule has 4 heterocycles. The molecule has 168 valence electrons. The second kappa shape index (κ2) is 6.06. The number of rotatable bonds is 0. The van der Waals surface area contributed by atoms with Crippen molar-refractivity contribution in [1.29, 1.82) is 0 Å². The molecule has 0 fully saturated rings. The average Bonchev–Trinajstić information content (AvgIpc) is 3.10. The van der Waals surface area contributed by atoms with Crippen molar-refractivity contribution in [3.05, 3.63) is 41.0 Å². The van der Waals surface area contributed by atoms with Gasteiger partial charge in [-0.15, -0.1) is 0 Å². The summed E-state index contributed by atoms with van der Waals surface area (Å²) >= 11 is 0. The molecule has 0 spiro atoms. The molecule has 0 atom stereocenters. The number of hydrogen-bond acceptors (Lipinski definition) is 4. The number of imidazole rings is 1. The molecule has 0 bridgehead atoms. The highest BCUT2D eigenvalue weighted by molar-refractivity contribution is 5.96. The summed E-state index contributed by atoms with van der Waals surface area (Å²) in [6.07, 6.45) is 1.04. The zero-order valence-electron chi connectivity index (χ0n) is 21.2. The average molecular weight is 430 g/mol. The van der Waals surface area contributed by atoms with Crippen molar-refractivity contribution in [2.75, 3.05) is 0 Å². The van der Waals surface area contributed by atoms with Gasteiger partial charge in [0.15, 0.2) is 16.9 Å². The summed E-state index contributed by atoms with van der Waals surface area (Å²) in [5, 5.41) is 1.05. The van der Waals surface area contributed by atoms with E-state index in [4.69, 9.17) is 19.9 Å². The van der Waals surface area contributed by atoms with Gasteiger partial charge in [-0.25, -0.2) is 15.0 Å². The summed E-state index contributed by atoms with van der Waals surface area (Å²) in [5.74, 6) is 0. The van der Waals surface area contributed by atoms with Crippen molar-refractivity contribution in [2.45, 2.75) is 97.3 Å². The maximum Gasteiger partial charge on any atom is 0.198 e. The normalized spacial score (nSPS) is 18.1. The number of pyridine rings is 2. The van der Waals surface area contributed by atoms with Crippen LogP contribution in [0.3, 0.4) is 0 Å². The zero-order valence-corrected chi connectivity index (χ0v) is 21.2. The van der Waals surface area contributed by atoms with Gasteiger partial charge in [-0.1, -0.05) is 69.2 Å². The topological polar surface area (TPSA) is 56.0 Å². The molecule has 0 radical (unpaired) electrons. The quantitative estimate of drug-likeness (QED) is 0.325. The van der Waals surface area contributed by atoms with Crippen LogP contribution in [0.25, 0.3) is 27.8 Å². The Balaban J connectivity index is 1.94. The Labute approximate surface area is 190 Å². The maximum atomic E-state index is 5.25. The minimum absolute atomic E-state index is 0.00604. The van der Waals surface area contributed by atoms with Gasteiger partial charge in [0.25, 0.3) is 0 Å². The third-order valence-corrected chi connectivity index (χ3v) is 6.88. The van der Waals surface area contributed by atoms with E-state index in [1.807, 2.05) is 0 Å². The van der Waals surface area contributed by atoms with E-state index in [9.17, 15) is 0 Å². The lowest BCUT2D eigenvalue weighted by molar-refractivity contribution is 0.396. The van der Waals surface area contributed by atoms with E-state index in [0.29, 0.717) is 0 Å². The van der Waals surface area contributed by atoms with Gasteiger partial charge in [-0.3, -0.25) is 9.38 Å². The maximum absolute atomic E-state index is 5.25. The van der Waals surface area contributed by atoms with Gasteiger partial charge in [0.1, 0.15) is 0 Å². The Hall–Kier alpha value is -2.56. The first kappa shape index (κ1) is 21.3. The fraction of sp³-hybridized carbons (Fsp3) is 0.556. The molecule has 5 nitrogen and oxygen atoms in total. The summed E-state index contributed by atoms with van der Waals surface area (Å²) in [4.78, 5) is 20.5. The van der Waals surface area contributed by atoms with Gasteiger partial charge in [0, 0.05) is 38.4 Å². The molecule has 0 unspecified atom stereocenters. The van der Waals surface area contributed by atoms with E-state index in [1.54, 1.807) is 0 Å². The first-order valence-corrected chi connectivity index (χ1v) is 11.7. The molecule has 0 amide bonds. The fourth-order valence-corrected chi connectivity index (χ4v) is 5.46. The molecule has 0 saturated heterocycles. The number of hydrogen-bond donors (Lipinski definition) is 0. The Morgan fingerprint density at radius 2 is 1.38 bits per heavy atom. The van der Waals surface area contributed by atoms with Crippen LogP contribution in [-0.4, -0.2) is 24.3 Å². The standard InChI is InChI=1S/C27H35N5/c1-24(2,3)17-12-11-15-16(28-17)13-18(25(4,5)6)32-22(15)31-21-23(32)30-20-19(29-21)26(7,8)14-27(20,9)10/h11-13H,14H2,1-10H3. The van der Waals surface area contributed by atoms with E-state index >= 15 is 0 Å². The van der Waals surface area contributed by atoms with Crippen LogP contribution in [0.4, 0.5) is 0 Å². The lowest BCUT2D eigenvalue weighted by Crippen LogP contribution is -2.19. The van der Waals surface area contributed by atoms with E-state index in [-0.39, 0.29) is 21.7 Å². The van der Waals surface area contributed by atoms with Crippen molar-refractivity contribution in [3.8, 4) is 0 Å². The van der Waals surface area contributed by atoms with Crippen LogP contribution in [0.1, 0.15) is 98.4 Å². The van der Waals surface area contributed by atoms with Crippen LogP contribution in [0, 0.1) is 0 Å². The molecule has 0 aromatic carbocycles. The lowest BCUT2D eigenvalue weighted by atomic mass is 9.83. The SMILES string of the molecule is CC(C)(C)c1ccc2c(cc(C(C)(C)C)n3c4nc5c(nc4nc23)C(C)(C)CC5(C)C)n1. The minimum Gasteiger partial charge on any atom is -0.278 e. The predicted molar refractivity (Wildman–Crippen MR) is 132 cm³/mol. The van der Waals surface area contributed by atoms with Gasteiger partial charge in [-0.05, 0) is 24.6 Å². The van der Waals surface area contributed by atoms with Crippen LogP contribution in [0.15, 0.2) is 18.2 Å². The van der Waals surface area contributed by atoms with Crippen molar-refractivity contribution in [3.63, 3.8) is 0 Å². The van der Waals surface area contributed by atoms with Crippen LogP contribution in [0.2, 0.25) is 0 Å². The fourth-order valence-electron chi connectivity index (χ4n) is 5.46. The Kier molecular flexibility index (Phi) is 4.03. The highest BCUT2D eigenvalue weighted by Crippen LogP contribution is 2.48. The Bertz CT molecular complexity index is 1410. The molecular weight excluding hydrogens is 394 g/mol. The molecule has 4 aromatic heterocycles. The first-order valence-electron chi connectivity index (χ1n) is 11.7. The van der Waals surface area contributed by atoms with Crippen LogP contribution in [-0.2, 0) is 21.7 Å². The van der Waals surface area contributed by atoms with E-state index in [1.165, 1.54) is 0 Å². The number of aromatic nitrogens is 5. The predicted octanol–water partition coefficient (Wildman–Crippen LogP) is 6.38. The monoisotopic (exact) mass is 429 g/mol. The second-order valence-corrected chi connectivity index (χ2v) is 12.9. The molecule has 1 aliphatic carbocycles. The van der Waals surface area contributed by atoms with Crippen molar-refractivity contribution in [2.24, 2.45) is 0 Å². The third-order valence-electron chi connectivity index (χ3n) is 6.88. The van der Waals surface area contributed by atoms with Gasteiger partial charge in [0.2, 0.25) is 0 Å². The molecule has 5 rings (SSSR count). The van der Waals surface area contributed by atoms with E-state index in [2.05, 4.69) is 91.8 Å². The summed E-state index contributed by atoms with van der Waals surface area (Å²) in [5.41, 5.74) is 7.79. The van der Waals surface area contributed by atoms with Crippen molar-refractivity contribution < 1.29 is 0 Å². The summed E-state index contributed by atoms with van der Waals surface area (Å²) in [6, 6.07) is 6.52. The lowest BCUT2D eigenvalue weighted by Gasteiger charge is -2.23. The van der Waals surface area contributed by atoms with Crippen molar-refractivity contribution in [1.82, 2.24) is 24.3 Å². The van der Waals surface area contributed by atoms with Gasteiger partial charge in [-0.2, -0.15) is 0 Å². The molecule has 32 heavy (non-hydrogen) atoms. The van der Waals surface area contributed by atoms with Gasteiger partial charge >= 0.3 is 0 Å². The van der Waals surface area contributed by atoms with Crippen molar-refractivity contribution >= 4 is 27.8 Å². The van der Waals surface area contributed by atoms with Crippen LogP contribution >= 0.6 is 0 Å². The van der Waals surface area contributed by atoms with Gasteiger partial charge in [0.05, 0.1) is 16.9 Å². The Morgan fingerprint density at radius 3 is 1.97 bits per heavy atom. The van der Waals surface area contributed by atoms with Crippen LogP contribution < -0.4 is 0 Å². The molecular formula is C27H35N5. The molecule has 0 N–H and O–H groups in total. The zero-order chi connectivity index (χ0) is 23.4. The molecule has 4 aromatic rings. The first-order chi connectivity index (χ1) is 14.6. The minimum atomic E-state index is -0.102. The highest BCUT2D eigenvalue weighted by atomic mass is 15.1. The summed E-state index contributed by atoms with van der Waals surface area (Å²) in [7, 11) is 0. The van der Waals surface area contributed by atoms with E-state index in [0.717, 1.165) is 57.0 Å². The summed E-state index contributed by atoms with van der Waals surface area (Å²) in [6.45, 7) is 22.4. The van der Waals surface area contributed by atoms with Crippen LogP contribution in [0.5, 0.6) is 0 Å². The van der Waals surface area contributed by atoms with E-state index < -0.39 is 0 Å². The van der Waals surface area contributed by atoms with Gasteiger partial charge < -0.3 is 0 Å². The summed E-state index contributed by atoms with van der Waals surface area (Å²) < 4.78 is 2.23. The smallest absolute Gasteiger partial charge is 0.198 e. The molecule has 5 heteroatoms.